The van der Waals surface area contributed by atoms with Crippen LogP contribution in [-0.2, 0) is 0 Å². The molecule has 3 heterocycles. The number of hydrogen-bond donors (Lipinski definition) is 0. The lowest BCUT2D eigenvalue weighted by molar-refractivity contribution is 0.336. The Bertz CT molecular complexity index is 1050. The number of nitrogens with zero attached hydrogens (tertiary/aromatic N) is 4. The molecule has 0 fully saturated rings. The average molecular weight is 330 g/mol. The van der Waals surface area contributed by atoms with Crippen LogP contribution < -0.4 is 15.2 Å². The number of fused-ring (bicyclic) bond motifs is 2. The molecule has 0 radical (unpaired) electrons. The Kier molecular flexibility index (Phi) is 2.96. The first-order valence-electron chi connectivity index (χ1n) is 7.10. The predicted molar refractivity (Wildman–Crippen MR) is 83.7 cm³/mol. The Labute approximate surface area is 134 Å². The van der Waals surface area contributed by atoms with Crippen LogP contribution in [0.15, 0.2) is 47.7 Å². The molecule has 3 aromatic rings. The third-order valence-electron chi connectivity index (χ3n) is 4.01. The van der Waals surface area contributed by atoms with E-state index in [-0.39, 0.29) is 18.1 Å². The van der Waals surface area contributed by atoms with Crippen LogP contribution >= 0.6 is 0 Å². The summed E-state index contributed by atoms with van der Waals surface area (Å²) >= 11 is 0. The number of imidazole rings is 1. The molecule has 1 aliphatic rings. The molecule has 0 amide bonds. The SMILES string of the molecule is C=C1COc2cc(F)c(-n3c(=O)cc(F)n4ccnc34)cc2N1C. The number of ether oxygens (including phenoxy) is 1. The summed E-state index contributed by atoms with van der Waals surface area (Å²) in [6.07, 6.45) is 2.69. The van der Waals surface area contributed by atoms with Crippen molar-refractivity contribution in [1.82, 2.24) is 14.0 Å². The second kappa shape index (κ2) is 4.92. The van der Waals surface area contributed by atoms with E-state index in [0.29, 0.717) is 17.1 Å². The maximum absolute atomic E-state index is 14.6. The van der Waals surface area contributed by atoms with E-state index in [1.165, 1.54) is 24.5 Å². The summed E-state index contributed by atoms with van der Waals surface area (Å²) < 4.78 is 36.0. The maximum atomic E-state index is 14.6. The van der Waals surface area contributed by atoms with Crippen molar-refractivity contribution in [2.24, 2.45) is 0 Å². The molecule has 1 aromatic carbocycles. The number of hydrogen-bond acceptors (Lipinski definition) is 4. The number of anilines is 1. The monoisotopic (exact) mass is 330 g/mol. The molecule has 4 rings (SSSR count). The van der Waals surface area contributed by atoms with Crippen LogP contribution in [0.4, 0.5) is 14.5 Å². The summed E-state index contributed by atoms with van der Waals surface area (Å²) in [6, 6.07) is 3.44. The van der Waals surface area contributed by atoms with Crippen molar-refractivity contribution in [2.75, 3.05) is 18.6 Å². The molecule has 8 heteroatoms. The molecule has 0 aliphatic carbocycles. The van der Waals surface area contributed by atoms with Gasteiger partial charge < -0.3 is 9.64 Å². The smallest absolute Gasteiger partial charge is 0.262 e. The predicted octanol–water partition coefficient (Wildman–Crippen LogP) is 2.11. The van der Waals surface area contributed by atoms with Crippen LogP contribution in [0.3, 0.4) is 0 Å². The molecule has 122 valence electrons. The maximum Gasteiger partial charge on any atom is 0.262 e. The second-order valence-corrected chi connectivity index (χ2v) is 5.42. The molecule has 0 atom stereocenters. The molecule has 24 heavy (non-hydrogen) atoms. The largest absolute Gasteiger partial charge is 0.485 e. The van der Waals surface area contributed by atoms with Gasteiger partial charge in [0.25, 0.3) is 5.56 Å². The highest BCUT2D eigenvalue weighted by atomic mass is 19.1. The summed E-state index contributed by atoms with van der Waals surface area (Å²) in [5, 5.41) is 0. The van der Waals surface area contributed by atoms with Gasteiger partial charge in [0.2, 0.25) is 11.7 Å². The van der Waals surface area contributed by atoms with Crippen LogP contribution in [0.5, 0.6) is 5.75 Å². The molecular formula is C16H12F2N4O2. The minimum Gasteiger partial charge on any atom is -0.485 e. The first-order chi connectivity index (χ1) is 11.5. The fourth-order valence-electron chi connectivity index (χ4n) is 2.70. The second-order valence-electron chi connectivity index (χ2n) is 5.42. The van der Waals surface area contributed by atoms with Crippen molar-refractivity contribution in [3.63, 3.8) is 0 Å². The van der Waals surface area contributed by atoms with E-state index in [0.717, 1.165) is 15.0 Å². The molecule has 6 nitrogen and oxygen atoms in total. The van der Waals surface area contributed by atoms with Crippen LogP contribution in [0, 0.1) is 11.8 Å². The van der Waals surface area contributed by atoms with Crippen molar-refractivity contribution < 1.29 is 13.5 Å². The molecule has 1 aliphatic heterocycles. The molecular weight excluding hydrogens is 318 g/mol. The van der Waals surface area contributed by atoms with Gasteiger partial charge in [-0.1, -0.05) is 6.58 Å². The van der Waals surface area contributed by atoms with Gasteiger partial charge in [0, 0.05) is 31.2 Å². The fraction of sp³-hybridized carbons (Fsp3) is 0.125. The zero-order valence-electron chi connectivity index (χ0n) is 12.7. The van der Waals surface area contributed by atoms with E-state index < -0.39 is 17.3 Å². The molecule has 2 aromatic heterocycles. The minimum absolute atomic E-state index is 0.0166. The zero-order valence-corrected chi connectivity index (χ0v) is 12.7. The highest BCUT2D eigenvalue weighted by Gasteiger charge is 2.23. The molecule has 0 N–H and O–H groups in total. The number of benzene rings is 1. The van der Waals surface area contributed by atoms with Gasteiger partial charge in [-0.05, 0) is 6.07 Å². The van der Waals surface area contributed by atoms with E-state index in [9.17, 15) is 13.6 Å². The topological polar surface area (TPSA) is 51.8 Å². The third kappa shape index (κ3) is 1.92. The average Bonchev–Trinajstić information content (AvgIpc) is 3.02. The van der Waals surface area contributed by atoms with Crippen molar-refractivity contribution in [1.29, 1.82) is 0 Å². The number of likely N-dealkylation sites (N-methyl/N-ethyl adjacent to an activating group) is 1. The van der Waals surface area contributed by atoms with Gasteiger partial charge in [-0.2, -0.15) is 4.39 Å². The first-order valence-corrected chi connectivity index (χ1v) is 7.10. The zero-order chi connectivity index (χ0) is 17.0. The Hall–Kier alpha value is -3.16. The standard InChI is InChI=1S/C16H12F2N4O2/c1-9-8-24-13-5-10(17)11(6-12(13)20(9)2)22-15(23)7-14(18)21-4-3-19-16(21)22/h3-7H,1,8H2,2H3. The number of aromatic nitrogens is 3. The van der Waals surface area contributed by atoms with Gasteiger partial charge in [0.1, 0.15) is 12.4 Å². The van der Waals surface area contributed by atoms with Gasteiger partial charge in [-0.3, -0.25) is 9.20 Å². The summed E-state index contributed by atoms with van der Waals surface area (Å²) in [5.41, 5.74) is 0.490. The number of rotatable bonds is 1. The highest BCUT2D eigenvalue weighted by molar-refractivity contribution is 5.68. The van der Waals surface area contributed by atoms with Crippen molar-refractivity contribution in [2.45, 2.75) is 0 Å². The molecule has 0 spiro atoms. The van der Waals surface area contributed by atoms with Crippen LogP contribution in [0.2, 0.25) is 0 Å². The lowest BCUT2D eigenvalue weighted by atomic mass is 10.2. The normalized spacial score (nSPS) is 14.0. The minimum atomic E-state index is -0.768. The molecule has 0 bridgehead atoms. The Morgan fingerprint density at radius 2 is 2.04 bits per heavy atom. The highest BCUT2D eigenvalue weighted by Crippen LogP contribution is 2.37. The first kappa shape index (κ1) is 14.4. The lowest BCUT2D eigenvalue weighted by Gasteiger charge is -2.30. The molecule has 0 saturated heterocycles. The summed E-state index contributed by atoms with van der Waals surface area (Å²) in [7, 11) is 1.77. The Morgan fingerprint density at radius 1 is 1.25 bits per heavy atom. The van der Waals surface area contributed by atoms with Crippen LogP contribution in [0.1, 0.15) is 0 Å². The van der Waals surface area contributed by atoms with Crippen molar-refractivity contribution in [3.05, 3.63) is 65.0 Å². The Morgan fingerprint density at radius 3 is 2.83 bits per heavy atom. The van der Waals surface area contributed by atoms with E-state index in [1.807, 2.05) is 0 Å². The van der Waals surface area contributed by atoms with E-state index >= 15 is 0 Å². The summed E-state index contributed by atoms with van der Waals surface area (Å²) in [4.78, 5) is 18.0. The van der Waals surface area contributed by atoms with Gasteiger partial charge in [0.15, 0.2) is 5.82 Å². The van der Waals surface area contributed by atoms with Gasteiger partial charge in [0.05, 0.1) is 17.4 Å². The third-order valence-corrected chi connectivity index (χ3v) is 4.01. The lowest BCUT2D eigenvalue weighted by Crippen LogP contribution is -2.27. The quantitative estimate of drug-likeness (QED) is 0.641. The Balaban J connectivity index is 2.04. The summed E-state index contributed by atoms with van der Waals surface area (Å²) in [5.74, 6) is -1.11. The van der Waals surface area contributed by atoms with Gasteiger partial charge in [-0.15, -0.1) is 0 Å². The van der Waals surface area contributed by atoms with Gasteiger partial charge >= 0.3 is 0 Å². The van der Waals surface area contributed by atoms with Crippen molar-refractivity contribution >= 4 is 11.5 Å². The van der Waals surface area contributed by atoms with E-state index in [2.05, 4.69) is 11.6 Å². The number of halogens is 2. The van der Waals surface area contributed by atoms with Crippen LogP contribution in [0.25, 0.3) is 11.5 Å². The molecule has 0 unspecified atom stereocenters. The van der Waals surface area contributed by atoms with Crippen molar-refractivity contribution in [3.8, 4) is 11.4 Å². The fourth-order valence-corrected chi connectivity index (χ4v) is 2.70. The van der Waals surface area contributed by atoms with E-state index in [1.54, 1.807) is 11.9 Å². The molecule has 0 saturated carbocycles. The van der Waals surface area contributed by atoms with Gasteiger partial charge in [-0.25, -0.2) is 13.9 Å². The van der Waals surface area contributed by atoms with E-state index in [4.69, 9.17) is 4.74 Å². The van der Waals surface area contributed by atoms with Crippen LogP contribution in [-0.4, -0.2) is 27.6 Å². The summed E-state index contributed by atoms with van der Waals surface area (Å²) in [6.45, 7) is 4.12.